The number of imidazole rings is 1. The molecule has 0 saturated heterocycles. The Hall–Kier alpha value is -3.90. The number of aliphatic hydroxyl groups is 1. The van der Waals surface area contributed by atoms with Crippen molar-refractivity contribution in [2.24, 2.45) is 0 Å². The fourth-order valence-electron chi connectivity index (χ4n) is 4.05. The van der Waals surface area contributed by atoms with E-state index >= 15 is 0 Å². The third-order valence-corrected chi connectivity index (χ3v) is 7.57. The van der Waals surface area contributed by atoms with Gasteiger partial charge in [-0.3, -0.25) is 4.40 Å². The van der Waals surface area contributed by atoms with Gasteiger partial charge < -0.3 is 10.8 Å². The highest BCUT2D eigenvalue weighted by molar-refractivity contribution is 7.90. The first-order valence-corrected chi connectivity index (χ1v) is 12.1. The number of nitrogen functional groups attached to an aromatic ring is 1. The Morgan fingerprint density at radius 3 is 2.39 bits per heavy atom. The number of nitrogens with zero attached hydrogens (tertiary/aromatic N) is 4. The molecule has 3 aromatic heterocycles. The lowest BCUT2D eigenvalue weighted by molar-refractivity contribution is -0.141. The molecule has 0 radical (unpaired) electrons. The van der Waals surface area contributed by atoms with E-state index in [9.17, 15) is 26.7 Å². The highest BCUT2D eigenvalue weighted by Gasteiger charge is 2.34. The van der Waals surface area contributed by atoms with Gasteiger partial charge in [-0.2, -0.15) is 13.2 Å². The maximum absolute atomic E-state index is 13.5. The summed E-state index contributed by atoms with van der Waals surface area (Å²) in [7, 11) is -4.01. The van der Waals surface area contributed by atoms with E-state index in [0.717, 1.165) is 14.6 Å². The third kappa shape index (κ3) is 3.78. The standard InChI is InChI=1S/C24H20F3N5O3S/c1-23(2,33)14-10-17(19-12-29-22-21(28)30-20(13-31(19)22)24(25,26)27)16-8-9-32(18(16)11-14)36(34,35)15-6-4-3-5-7-15/h3-13,33H,1-2H3,(H2,28,30). The van der Waals surface area contributed by atoms with Crippen LogP contribution in [0.4, 0.5) is 19.0 Å². The van der Waals surface area contributed by atoms with Gasteiger partial charge in [0, 0.05) is 23.3 Å². The molecule has 0 spiro atoms. The number of hydrogen-bond donors (Lipinski definition) is 2. The number of fused-ring (bicyclic) bond motifs is 2. The minimum absolute atomic E-state index is 0.0103. The summed E-state index contributed by atoms with van der Waals surface area (Å²) in [6.45, 7) is 3.05. The molecule has 12 heteroatoms. The minimum atomic E-state index is -4.75. The first-order valence-electron chi connectivity index (χ1n) is 10.7. The normalized spacial score (nSPS) is 13.1. The Kier molecular flexibility index (Phi) is 5.16. The van der Waals surface area contributed by atoms with Gasteiger partial charge in [0.2, 0.25) is 0 Å². The van der Waals surface area contributed by atoms with Crippen LogP contribution >= 0.6 is 0 Å². The molecule has 5 aromatic rings. The van der Waals surface area contributed by atoms with E-state index in [2.05, 4.69) is 9.97 Å². The fourth-order valence-corrected chi connectivity index (χ4v) is 5.41. The molecule has 5 rings (SSSR count). The Bertz CT molecular complexity index is 1730. The second-order valence-electron chi connectivity index (χ2n) is 8.79. The van der Waals surface area contributed by atoms with Crippen LogP contribution in [-0.2, 0) is 21.8 Å². The number of aromatic nitrogens is 4. The number of alkyl halides is 3. The van der Waals surface area contributed by atoms with E-state index in [4.69, 9.17) is 5.73 Å². The molecule has 0 amide bonds. The quantitative estimate of drug-likeness (QED) is 0.366. The average molecular weight is 516 g/mol. The van der Waals surface area contributed by atoms with Gasteiger partial charge in [0.25, 0.3) is 10.0 Å². The predicted octanol–water partition coefficient (Wildman–Crippen LogP) is 4.42. The molecule has 3 N–H and O–H groups in total. The fraction of sp³-hybridized carbons (Fsp3) is 0.167. The summed E-state index contributed by atoms with van der Waals surface area (Å²) in [5.74, 6) is -0.407. The zero-order valence-electron chi connectivity index (χ0n) is 19.0. The molecule has 36 heavy (non-hydrogen) atoms. The van der Waals surface area contributed by atoms with E-state index < -0.39 is 33.3 Å². The highest BCUT2D eigenvalue weighted by Crippen LogP contribution is 2.37. The van der Waals surface area contributed by atoms with Gasteiger partial charge in [0.1, 0.15) is 0 Å². The Labute approximate surface area is 203 Å². The molecule has 0 aliphatic rings. The van der Waals surface area contributed by atoms with Gasteiger partial charge in [-0.1, -0.05) is 18.2 Å². The molecule has 0 aliphatic carbocycles. The van der Waals surface area contributed by atoms with E-state index in [1.54, 1.807) is 36.4 Å². The highest BCUT2D eigenvalue weighted by atomic mass is 32.2. The second-order valence-corrected chi connectivity index (χ2v) is 10.6. The zero-order valence-corrected chi connectivity index (χ0v) is 19.8. The lowest BCUT2D eigenvalue weighted by Crippen LogP contribution is -2.17. The third-order valence-electron chi connectivity index (χ3n) is 5.86. The molecule has 0 fully saturated rings. The van der Waals surface area contributed by atoms with Gasteiger partial charge in [-0.15, -0.1) is 0 Å². The first kappa shape index (κ1) is 23.8. The summed E-state index contributed by atoms with van der Waals surface area (Å²) in [5.41, 5.74) is 4.34. The van der Waals surface area contributed by atoms with Gasteiger partial charge in [0.15, 0.2) is 17.2 Å². The van der Waals surface area contributed by atoms with Crippen molar-refractivity contribution in [1.82, 2.24) is 18.3 Å². The van der Waals surface area contributed by atoms with Gasteiger partial charge in [-0.05, 0) is 49.7 Å². The lowest BCUT2D eigenvalue weighted by atomic mass is 9.93. The van der Waals surface area contributed by atoms with Gasteiger partial charge >= 0.3 is 6.18 Å². The molecular weight excluding hydrogens is 495 g/mol. The van der Waals surface area contributed by atoms with Crippen LogP contribution in [0.25, 0.3) is 27.8 Å². The number of halogens is 3. The van der Waals surface area contributed by atoms with Crippen LogP contribution in [-0.4, -0.2) is 31.9 Å². The largest absolute Gasteiger partial charge is 0.434 e. The summed E-state index contributed by atoms with van der Waals surface area (Å²) in [4.78, 5) is 7.61. The van der Waals surface area contributed by atoms with Crippen LogP contribution < -0.4 is 5.73 Å². The number of nitrogens with two attached hydrogens (primary N) is 1. The van der Waals surface area contributed by atoms with E-state index in [-0.39, 0.29) is 21.8 Å². The van der Waals surface area contributed by atoms with Crippen LogP contribution in [0.15, 0.2) is 72.0 Å². The molecular formula is C24H20F3N5O3S. The molecule has 0 saturated carbocycles. The van der Waals surface area contributed by atoms with Crippen LogP contribution in [0.1, 0.15) is 25.1 Å². The molecule has 0 atom stereocenters. The van der Waals surface area contributed by atoms with Crippen LogP contribution in [0.5, 0.6) is 0 Å². The molecule has 8 nitrogen and oxygen atoms in total. The Balaban J connectivity index is 1.84. The topological polar surface area (TPSA) is 116 Å². The van der Waals surface area contributed by atoms with E-state index in [1.165, 1.54) is 38.4 Å². The molecule has 186 valence electrons. The summed E-state index contributed by atoms with van der Waals surface area (Å²) in [5, 5.41) is 11.2. The Morgan fingerprint density at radius 2 is 1.75 bits per heavy atom. The second kappa shape index (κ2) is 7.80. The van der Waals surface area contributed by atoms with Crippen molar-refractivity contribution in [3.8, 4) is 11.3 Å². The molecule has 0 aliphatic heterocycles. The van der Waals surface area contributed by atoms with Crippen molar-refractivity contribution in [2.75, 3.05) is 5.73 Å². The molecule has 0 unspecified atom stereocenters. The van der Waals surface area contributed by atoms with Gasteiger partial charge in [0.05, 0.1) is 27.9 Å². The van der Waals surface area contributed by atoms with Crippen molar-refractivity contribution in [3.63, 3.8) is 0 Å². The first-order chi connectivity index (χ1) is 16.8. The summed E-state index contributed by atoms with van der Waals surface area (Å²) >= 11 is 0. The number of benzene rings is 2. The molecule has 3 heterocycles. The predicted molar refractivity (Wildman–Crippen MR) is 128 cm³/mol. The smallest absolute Gasteiger partial charge is 0.386 e. The Morgan fingerprint density at radius 1 is 1.06 bits per heavy atom. The van der Waals surface area contributed by atoms with Crippen LogP contribution in [0, 0.1) is 0 Å². The molecule has 0 bridgehead atoms. The number of hydrogen-bond acceptors (Lipinski definition) is 6. The SMILES string of the molecule is CC(C)(O)c1cc(-c2cnc3c(N)nc(C(F)(F)F)cn23)c2ccn(S(=O)(=O)c3ccccc3)c2c1. The average Bonchev–Trinajstić information content (AvgIpc) is 3.43. The van der Waals surface area contributed by atoms with Crippen molar-refractivity contribution in [3.05, 3.63) is 78.4 Å². The lowest BCUT2D eigenvalue weighted by Gasteiger charge is -2.20. The monoisotopic (exact) mass is 515 g/mol. The maximum atomic E-state index is 13.5. The minimum Gasteiger partial charge on any atom is -0.386 e. The number of rotatable bonds is 4. The summed E-state index contributed by atoms with van der Waals surface area (Å²) < 4.78 is 69.4. The molecule has 2 aromatic carbocycles. The van der Waals surface area contributed by atoms with Crippen molar-refractivity contribution in [1.29, 1.82) is 0 Å². The van der Waals surface area contributed by atoms with Crippen molar-refractivity contribution < 1.29 is 26.7 Å². The zero-order chi connectivity index (χ0) is 26.0. The van der Waals surface area contributed by atoms with E-state index in [1.807, 2.05) is 0 Å². The summed E-state index contributed by atoms with van der Waals surface area (Å²) in [6, 6.07) is 12.5. The van der Waals surface area contributed by atoms with Crippen molar-refractivity contribution >= 4 is 32.4 Å². The summed E-state index contributed by atoms with van der Waals surface area (Å²) in [6.07, 6.45) is -1.26. The maximum Gasteiger partial charge on any atom is 0.434 e. The van der Waals surface area contributed by atoms with E-state index in [0.29, 0.717) is 16.5 Å². The van der Waals surface area contributed by atoms with Crippen molar-refractivity contribution in [2.45, 2.75) is 30.5 Å². The van der Waals surface area contributed by atoms with Crippen LogP contribution in [0.3, 0.4) is 0 Å². The number of anilines is 1. The van der Waals surface area contributed by atoms with Gasteiger partial charge in [-0.25, -0.2) is 22.4 Å². The van der Waals surface area contributed by atoms with Crippen LogP contribution in [0.2, 0.25) is 0 Å².